The molecule has 0 spiro atoms. The van der Waals surface area contributed by atoms with Crippen molar-refractivity contribution in [3.63, 3.8) is 0 Å². The number of nitrogens with zero attached hydrogens (tertiary/aromatic N) is 1. The maximum Gasteiger partial charge on any atom is 0.146 e. The summed E-state index contributed by atoms with van der Waals surface area (Å²) in [6.45, 7) is 18.4. The van der Waals surface area contributed by atoms with Crippen molar-refractivity contribution in [2.45, 2.75) is 68.7 Å². The molecule has 1 aliphatic rings. The first-order chi connectivity index (χ1) is 21.8. The molecule has 252 valence electrons. The lowest BCUT2D eigenvalue weighted by Crippen LogP contribution is -2.18. The van der Waals surface area contributed by atoms with Gasteiger partial charge in [-0.2, -0.15) is 0 Å². The number of para-hydroxylation sites is 2. The van der Waals surface area contributed by atoms with Gasteiger partial charge >= 0.3 is 0 Å². The van der Waals surface area contributed by atoms with Gasteiger partial charge in [0.2, 0.25) is 0 Å². The largest absolute Gasteiger partial charge is 0.457 e. The predicted octanol–water partition coefficient (Wildman–Crippen LogP) is 10.3. The van der Waals surface area contributed by atoms with E-state index in [1.54, 1.807) is 0 Å². The molecule has 0 heterocycles. The van der Waals surface area contributed by atoms with E-state index in [1.165, 1.54) is 22.8 Å². The second-order valence-electron chi connectivity index (χ2n) is 11.9. The highest BCUT2D eigenvalue weighted by Crippen LogP contribution is 2.35. The molecule has 5 heteroatoms. The summed E-state index contributed by atoms with van der Waals surface area (Å²) in [5.41, 5.74) is 14.0. The average Bonchev–Trinajstić information content (AvgIpc) is 2.99. The second kappa shape index (κ2) is 26.4. The highest BCUT2D eigenvalue weighted by atomic mass is 16.1. The summed E-state index contributed by atoms with van der Waals surface area (Å²) in [7, 11) is 0. The van der Waals surface area contributed by atoms with Crippen LogP contribution in [0.2, 0.25) is 0 Å². The number of nitrogens with two attached hydrogens (primary N) is 1. The standard InChI is InChI=1S/C16H19N.2C10H14O.C6H7N.H2O/c1-14(2)8-7-9-15(3)12-13-17-16-10-5-4-6-11-16;1-8-5-4-6-10(2,3)9(8)7-11;1-9(2)5-4-6-10(3)7-8-11;7-6-4-2-1-3-5-6;/h4-13H,1-3H3;4-5,7H,6H2,1-3H3;4-8H,1-3H3;1-5H,7H2;1H2/p+1/b9-7+,15-12+,17-13?;;6-4+,10-7+;;. The van der Waals surface area contributed by atoms with Gasteiger partial charge in [0, 0.05) is 17.5 Å². The topological polar surface area (TPSA) is 106 Å². The van der Waals surface area contributed by atoms with Crippen LogP contribution in [0, 0.1) is 5.41 Å². The first-order valence-electron chi connectivity index (χ1n) is 15.5. The number of carbonyl (C=O) groups excluding carboxylic acids is 2. The molecular weight excluding hydrogens is 580 g/mol. The van der Waals surface area contributed by atoms with Crippen LogP contribution < -0.4 is 5.73 Å². The summed E-state index contributed by atoms with van der Waals surface area (Å²) in [6.07, 6.45) is 24.3. The minimum absolute atomic E-state index is 0. The Hall–Kier alpha value is -4.87. The predicted molar refractivity (Wildman–Crippen MR) is 207 cm³/mol. The molecular formula is C42H57N2O3+. The summed E-state index contributed by atoms with van der Waals surface area (Å²) < 4.78 is 0. The van der Waals surface area contributed by atoms with E-state index in [1.807, 2.05) is 125 Å². The molecule has 1 aliphatic carbocycles. The van der Waals surface area contributed by atoms with E-state index in [-0.39, 0.29) is 10.9 Å². The van der Waals surface area contributed by atoms with Crippen molar-refractivity contribution < 1.29 is 15.1 Å². The summed E-state index contributed by atoms with van der Waals surface area (Å²) in [5, 5.41) is 0. The number of rotatable bonds is 8. The molecule has 47 heavy (non-hydrogen) atoms. The van der Waals surface area contributed by atoms with E-state index < -0.39 is 0 Å². The molecule has 5 N–H and O–H groups in total. The molecule has 0 amide bonds. The number of aliphatic imine (C=N–C) groups is 1. The van der Waals surface area contributed by atoms with Crippen LogP contribution in [0.3, 0.4) is 0 Å². The van der Waals surface area contributed by atoms with Crippen LogP contribution in [0.15, 0.2) is 160 Å². The van der Waals surface area contributed by atoms with Gasteiger partial charge in [-0.25, -0.2) is 0 Å². The average molecular weight is 638 g/mol. The van der Waals surface area contributed by atoms with Crippen LogP contribution in [0.1, 0.15) is 68.7 Å². The maximum atomic E-state index is 10.7. The van der Waals surface area contributed by atoms with E-state index in [0.29, 0.717) is 0 Å². The van der Waals surface area contributed by atoms with Gasteiger partial charge in [-0.1, -0.05) is 110 Å². The molecule has 0 aliphatic heterocycles. The molecule has 2 aromatic rings. The third kappa shape index (κ3) is 24.1. The molecule has 0 unspecified atom stereocenters. The van der Waals surface area contributed by atoms with Gasteiger partial charge in [-0.05, 0) is 113 Å². The number of aldehydes is 2. The van der Waals surface area contributed by atoms with Crippen LogP contribution in [0.5, 0.6) is 0 Å². The van der Waals surface area contributed by atoms with Crippen LogP contribution in [0.25, 0.3) is 0 Å². The lowest BCUT2D eigenvalue weighted by Gasteiger charge is -2.27. The zero-order valence-corrected chi connectivity index (χ0v) is 29.9. The normalized spacial score (nSPS) is 13.6. The Kier molecular flexibility index (Phi) is 24.8. The highest BCUT2D eigenvalue weighted by Gasteiger charge is 2.25. The van der Waals surface area contributed by atoms with Crippen molar-refractivity contribution in [3.8, 4) is 0 Å². The number of hydrogen-bond donors (Lipinski definition) is 1. The lowest BCUT2D eigenvalue weighted by atomic mass is 9.76. The van der Waals surface area contributed by atoms with Gasteiger partial charge < -0.3 is 11.2 Å². The Morgan fingerprint density at radius 2 is 1.23 bits per heavy atom. The molecule has 0 bridgehead atoms. The van der Waals surface area contributed by atoms with Gasteiger partial charge in [0.1, 0.15) is 12.6 Å². The Morgan fingerprint density at radius 1 is 0.745 bits per heavy atom. The molecule has 0 saturated heterocycles. The Bertz CT molecular complexity index is 1460. The van der Waals surface area contributed by atoms with E-state index in [0.717, 1.165) is 47.1 Å². The fourth-order valence-corrected chi connectivity index (χ4v) is 3.73. The number of hydrogen-bond acceptors (Lipinski definition) is 4. The van der Waals surface area contributed by atoms with Gasteiger partial charge in [-0.15, -0.1) is 0 Å². The number of carbonyl (C=O) groups is 2. The van der Waals surface area contributed by atoms with Gasteiger partial charge in [-0.3, -0.25) is 14.6 Å². The number of nitrogen functional groups attached to an aromatic ring is 1. The zero-order valence-electron chi connectivity index (χ0n) is 29.9. The van der Waals surface area contributed by atoms with Crippen molar-refractivity contribution in [3.05, 3.63) is 155 Å². The summed E-state index contributed by atoms with van der Waals surface area (Å²) >= 11 is 0. The smallest absolute Gasteiger partial charge is 0.146 e. The Labute approximate surface area is 284 Å². The number of benzene rings is 2. The van der Waals surface area contributed by atoms with Crippen LogP contribution >= 0.6 is 0 Å². The SMILES string of the molecule is CC(C)=C/C=C/C(C)=C/C=Nc1ccccc1.CC(C)=C/C=C/C(C)=C/C=O.CC1=C(C=O)C(C)(C)CC=C1.Nc1ccccc1.[OH3+]. The minimum Gasteiger partial charge on any atom is -0.457 e. The first-order valence-corrected chi connectivity index (χ1v) is 15.5. The van der Waals surface area contributed by atoms with E-state index in [4.69, 9.17) is 5.73 Å². The van der Waals surface area contributed by atoms with E-state index in [9.17, 15) is 9.59 Å². The van der Waals surface area contributed by atoms with Crippen molar-refractivity contribution in [2.75, 3.05) is 5.73 Å². The molecule has 2 aromatic carbocycles. The zero-order chi connectivity index (χ0) is 34.8. The maximum absolute atomic E-state index is 10.7. The molecule has 0 radical (unpaired) electrons. The highest BCUT2D eigenvalue weighted by molar-refractivity contribution is 5.78. The molecule has 0 atom stereocenters. The fraction of sp³-hybridized carbons (Fsp3) is 0.262. The molecule has 0 fully saturated rings. The summed E-state index contributed by atoms with van der Waals surface area (Å²) in [6, 6.07) is 19.4. The van der Waals surface area contributed by atoms with Crippen molar-refractivity contribution in [2.24, 2.45) is 10.4 Å². The van der Waals surface area contributed by atoms with Crippen LogP contribution in [-0.2, 0) is 15.1 Å². The fourth-order valence-electron chi connectivity index (χ4n) is 3.73. The minimum atomic E-state index is 0. The van der Waals surface area contributed by atoms with Crippen molar-refractivity contribution in [1.82, 2.24) is 0 Å². The van der Waals surface area contributed by atoms with Gasteiger partial charge in [0.05, 0.1) is 5.69 Å². The molecule has 5 nitrogen and oxygen atoms in total. The Morgan fingerprint density at radius 3 is 1.62 bits per heavy atom. The molecule has 0 saturated carbocycles. The summed E-state index contributed by atoms with van der Waals surface area (Å²) in [5.74, 6) is 0. The third-order valence-corrected chi connectivity index (χ3v) is 6.29. The van der Waals surface area contributed by atoms with Crippen LogP contribution in [0.4, 0.5) is 11.4 Å². The molecule has 0 aromatic heterocycles. The third-order valence-electron chi connectivity index (χ3n) is 6.29. The van der Waals surface area contributed by atoms with E-state index >= 15 is 0 Å². The van der Waals surface area contributed by atoms with Crippen molar-refractivity contribution >= 4 is 30.2 Å². The lowest BCUT2D eigenvalue weighted by molar-refractivity contribution is -0.106. The Balaban J connectivity index is 0. The number of anilines is 1. The van der Waals surface area contributed by atoms with Crippen LogP contribution in [-0.4, -0.2) is 18.8 Å². The second-order valence-corrected chi connectivity index (χ2v) is 11.9. The monoisotopic (exact) mass is 637 g/mol. The summed E-state index contributed by atoms with van der Waals surface area (Å²) in [4.78, 5) is 25.0. The quantitative estimate of drug-likeness (QED) is 0.0777. The first kappa shape index (κ1) is 44.3. The van der Waals surface area contributed by atoms with Gasteiger partial charge in [0.25, 0.3) is 0 Å². The number of allylic oxidation sites excluding steroid dienone is 16. The molecule has 3 rings (SSSR count). The van der Waals surface area contributed by atoms with E-state index in [2.05, 4.69) is 63.9 Å². The van der Waals surface area contributed by atoms with Gasteiger partial charge in [0.15, 0.2) is 0 Å². The van der Waals surface area contributed by atoms with Crippen molar-refractivity contribution in [1.29, 1.82) is 0 Å².